The SMILES string of the molecule is N#Cc1ccc(NC(=O)NCC(O)Cc2ccccc2)cc1. The molecule has 0 bridgehead atoms. The zero-order chi connectivity index (χ0) is 15.8. The van der Waals surface area contributed by atoms with Crippen LogP contribution in [0.4, 0.5) is 10.5 Å². The first-order valence-electron chi connectivity index (χ1n) is 6.94. The number of nitriles is 1. The molecule has 0 aliphatic heterocycles. The Morgan fingerprint density at radius 2 is 1.82 bits per heavy atom. The second-order valence-corrected chi connectivity index (χ2v) is 4.87. The minimum absolute atomic E-state index is 0.164. The third-order valence-electron chi connectivity index (χ3n) is 3.08. The Balaban J connectivity index is 1.76. The summed E-state index contributed by atoms with van der Waals surface area (Å²) in [6.07, 6.45) is -0.160. The molecule has 0 aliphatic carbocycles. The summed E-state index contributed by atoms with van der Waals surface area (Å²) in [7, 11) is 0. The van der Waals surface area contributed by atoms with Crippen LogP contribution in [0.5, 0.6) is 0 Å². The predicted molar refractivity (Wildman–Crippen MR) is 84.3 cm³/mol. The van der Waals surface area contributed by atoms with Crippen LogP contribution in [0.25, 0.3) is 0 Å². The predicted octanol–water partition coefficient (Wildman–Crippen LogP) is 2.28. The minimum atomic E-state index is -0.644. The zero-order valence-electron chi connectivity index (χ0n) is 12.0. The number of amides is 2. The van der Waals surface area contributed by atoms with Gasteiger partial charge >= 0.3 is 6.03 Å². The van der Waals surface area contributed by atoms with Crippen LogP contribution in [0.2, 0.25) is 0 Å². The van der Waals surface area contributed by atoms with E-state index in [0.717, 1.165) is 5.56 Å². The topological polar surface area (TPSA) is 85.2 Å². The molecule has 0 aliphatic rings. The van der Waals surface area contributed by atoms with Crippen LogP contribution in [0.15, 0.2) is 54.6 Å². The van der Waals surface area contributed by atoms with Gasteiger partial charge in [0.1, 0.15) is 0 Å². The lowest BCUT2D eigenvalue weighted by Gasteiger charge is -2.12. The number of nitrogens with one attached hydrogen (secondary N) is 2. The molecule has 22 heavy (non-hydrogen) atoms. The molecule has 2 amide bonds. The van der Waals surface area contributed by atoms with Crippen molar-refractivity contribution < 1.29 is 9.90 Å². The normalized spacial score (nSPS) is 11.3. The molecule has 3 N–H and O–H groups in total. The van der Waals surface area contributed by atoms with Gasteiger partial charge in [-0.3, -0.25) is 0 Å². The third-order valence-corrected chi connectivity index (χ3v) is 3.08. The molecular weight excluding hydrogens is 278 g/mol. The maximum absolute atomic E-state index is 11.7. The van der Waals surface area contributed by atoms with Crippen LogP contribution in [0.1, 0.15) is 11.1 Å². The summed E-state index contributed by atoms with van der Waals surface area (Å²) < 4.78 is 0. The first-order valence-corrected chi connectivity index (χ1v) is 6.94. The summed E-state index contributed by atoms with van der Waals surface area (Å²) in [6.45, 7) is 0.164. The van der Waals surface area contributed by atoms with Crippen LogP contribution in [0.3, 0.4) is 0 Å². The maximum atomic E-state index is 11.7. The van der Waals surface area contributed by atoms with Gasteiger partial charge in [0.15, 0.2) is 0 Å². The van der Waals surface area contributed by atoms with E-state index in [9.17, 15) is 9.90 Å². The first-order chi connectivity index (χ1) is 10.7. The monoisotopic (exact) mass is 295 g/mol. The number of hydrogen-bond acceptors (Lipinski definition) is 3. The third kappa shape index (κ3) is 4.93. The fourth-order valence-corrected chi connectivity index (χ4v) is 1.97. The summed E-state index contributed by atoms with van der Waals surface area (Å²) in [5, 5.41) is 23.9. The van der Waals surface area contributed by atoms with Crippen LogP contribution in [-0.4, -0.2) is 23.8 Å². The van der Waals surface area contributed by atoms with Crippen molar-refractivity contribution in [2.45, 2.75) is 12.5 Å². The Morgan fingerprint density at radius 3 is 2.45 bits per heavy atom. The van der Waals surface area contributed by atoms with E-state index < -0.39 is 12.1 Å². The summed E-state index contributed by atoms with van der Waals surface area (Å²) in [5.74, 6) is 0. The second-order valence-electron chi connectivity index (χ2n) is 4.87. The molecule has 0 saturated carbocycles. The Morgan fingerprint density at radius 1 is 1.14 bits per heavy atom. The van der Waals surface area contributed by atoms with Gasteiger partial charge in [0.2, 0.25) is 0 Å². The zero-order valence-corrected chi connectivity index (χ0v) is 12.0. The van der Waals surface area contributed by atoms with Gasteiger partial charge in [-0.05, 0) is 29.8 Å². The molecule has 2 aromatic rings. The van der Waals surface area contributed by atoms with Crippen LogP contribution < -0.4 is 10.6 Å². The molecule has 5 nitrogen and oxygen atoms in total. The summed E-state index contributed by atoms with van der Waals surface area (Å²) in [6, 6.07) is 17.8. The van der Waals surface area contributed by atoms with Crippen LogP contribution >= 0.6 is 0 Å². The van der Waals surface area contributed by atoms with Crippen LogP contribution in [-0.2, 0) is 6.42 Å². The molecule has 2 rings (SSSR count). The van der Waals surface area contributed by atoms with E-state index in [1.807, 2.05) is 36.4 Å². The van der Waals surface area contributed by atoms with Crippen molar-refractivity contribution in [1.29, 1.82) is 5.26 Å². The number of rotatable bonds is 5. The Labute approximate surface area is 129 Å². The molecule has 0 fully saturated rings. The highest BCUT2D eigenvalue weighted by Gasteiger charge is 2.08. The van der Waals surface area contributed by atoms with Crippen molar-refractivity contribution in [3.8, 4) is 6.07 Å². The quantitative estimate of drug-likeness (QED) is 0.791. The molecule has 0 saturated heterocycles. The highest BCUT2D eigenvalue weighted by atomic mass is 16.3. The lowest BCUT2D eigenvalue weighted by atomic mass is 10.1. The van der Waals surface area contributed by atoms with E-state index in [-0.39, 0.29) is 6.54 Å². The van der Waals surface area contributed by atoms with Crippen molar-refractivity contribution in [2.75, 3.05) is 11.9 Å². The molecule has 0 aromatic heterocycles. The fraction of sp³-hybridized carbons (Fsp3) is 0.176. The number of carbonyl (C=O) groups excluding carboxylic acids is 1. The Kier molecular flexibility index (Phi) is 5.52. The molecule has 0 spiro atoms. The van der Waals surface area contributed by atoms with E-state index in [4.69, 9.17) is 5.26 Å². The molecule has 112 valence electrons. The number of carbonyl (C=O) groups is 1. The summed E-state index contributed by atoms with van der Waals surface area (Å²) in [5.41, 5.74) is 2.14. The van der Waals surface area contributed by atoms with Gasteiger partial charge < -0.3 is 15.7 Å². The molecule has 0 heterocycles. The van der Waals surface area contributed by atoms with E-state index in [0.29, 0.717) is 17.7 Å². The fourth-order valence-electron chi connectivity index (χ4n) is 1.97. The molecule has 2 aromatic carbocycles. The number of aliphatic hydroxyl groups excluding tert-OH is 1. The molecule has 5 heteroatoms. The van der Waals surface area contributed by atoms with Gasteiger partial charge in [-0.1, -0.05) is 30.3 Å². The van der Waals surface area contributed by atoms with Crippen molar-refractivity contribution in [3.63, 3.8) is 0 Å². The number of benzene rings is 2. The van der Waals surface area contributed by atoms with Crippen molar-refractivity contribution >= 4 is 11.7 Å². The number of nitrogens with zero attached hydrogens (tertiary/aromatic N) is 1. The standard InChI is InChI=1S/C17H17N3O2/c18-11-14-6-8-15(9-7-14)20-17(22)19-12-16(21)10-13-4-2-1-3-5-13/h1-9,16,21H,10,12H2,(H2,19,20,22). The minimum Gasteiger partial charge on any atom is -0.391 e. The molecule has 0 radical (unpaired) electrons. The smallest absolute Gasteiger partial charge is 0.319 e. The number of aliphatic hydroxyl groups is 1. The maximum Gasteiger partial charge on any atom is 0.319 e. The van der Waals surface area contributed by atoms with E-state index in [1.54, 1.807) is 24.3 Å². The van der Waals surface area contributed by atoms with E-state index in [1.165, 1.54) is 0 Å². The Bertz CT molecular complexity index is 648. The van der Waals surface area contributed by atoms with Gasteiger partial charge in [-0.15, -0.1) is 0 Å². The molecule has 1 atom stereocenters. The average Bonchev–Trinajstić information content (AvgIpc) is 2.55. The largest absolute Gasteiger partial charge is 0.391 e. The van der Waals surface area contributed by atoms with Crippen molar-refractivity contribution in [2.24, 2.45) is 0 Å². The van der Waals surface area contributed by atoms with Gasteiger partial charge in [0.25, 0.3) is 0 Å². The van der Waals surface area contributed by atoms with Gasteiger partial charge in [-0.25, -0.2) is 4.79 Å². The lowest BCUT2D eigenvalue weighted by Crippen LogP contribution is -2.36. The van der Waals surface area contributed by atoms with Gasteiger partial charge in [-0.2, -0.15) is 5.26 Å². The number of urea groups is 1. The number of anilines is 1. The summed E-state index contributed by atoms with van der Waals surface area (Å²) in [4.78, 5) is 11.7. The molecular formula is C17H17N3O2. The summed E-state index contributed by atoms with van der Waals surface area (Å²) >= 11 is 0. The van der Waals surface area contributed by atoms with E-state index >= 15 is 0 Å². The average molecular weight is 295 g/mol. The van der Waals surface area contributed by atoms with Crippen LogP contribution in [0, 0.1) is 11.3 Å². The molecule has 1 unspecified atom stereocenters. The number of hydrogen-bond donors (Lipinski definition) is 3. The van der Waals surface area contributed by atoms with Crippen molar-refractivity contribution in [1.82, 2.24) is 5.32 Å². The van der Waals surface area contributed by atoms with E-state index in [2.05, 4.69) is 10.6 Å². The first kappa shape index (κ1) is 15.5. The second kappa shape index (κ2) is 7.81. The highest BCUT2D eigenvalue weighted by Crippen LogP contribution is 2.08. The lowest BCUT2D eigenvalue weighted by molar-refractivity contribution is 0.172. The highest BCUT2D eigenvalue weighted by molar-refractivity contribution is 5.89. The van der Waals surface area contributed by atoms with Gasteiger partial charge in [0.05, 0.1) is 17.7 Å². The van der Waals surface area contributed by atoms with Gasteiger partial charge in [0, 0.05) is 18.7 Å². The van der Waals surface area contributed by atoms with Crippen molar-refractivity contribution in [3.05, 3.63) is 65.7 Å². The Hall–Kier alpha value is -2.84.